The van der Waals surface area contributed by atoms with Crippen LogP contribution in [0.1, 0.15) is 22.9 Å². The lowest BCUT2D eigenvalue weighted by Crippen LogP contribution is -2.49. The molecule has 0 bridgehead atoms. The molecule has 2 aromatic rings. The zero-order valence-electron chi connectivity index (χ0n) is 14.9. The van der Waals surface area contributed by atoms with Gasteiger partial charge in [0.05, 0.1) is 5.69 Å². The van der Waals surface area contributed by atoms with E-state index in [0.29, 0.717) is 17.6 Å². The van der Waals surface area contributed by atoms with E-state index < -0.39 is 0 Å². The average molecular weight is 358 g/mol. The number of aryl methyl sites for hydroxylation is 1. The normalized spacial score (nSPS) is 21.3. The van der Waals surface area contributed by atoms with Crippen LogP contribution in [0.2, 0.25) is 0 Å². The molecule has 1 unspecified atom stereocenters. The molecule has 1 aromatic heterocycles. The minimum atomic E-state index is -0.307. The average Bonchev–Trinajstić information content (AvgIpc) is 3.30. The first-order valence-corrected chi connectivity index (χ1v) is 9.05. The van der Waals surface area contributed by atoms with Crippen molar-refractivity contribution in [1.82, 2.24) is 29.9 Å². The van der Waals surface area contributed by atoms with Gasteiger partial charge in [-0.2, -0.15) is 0 Å². The van der Waals surface area contributed by atoms with Crippen molar-refractivity contribution in [3.63, 3.8) is 0 Å². The van der Waals surface area contributed by atoms with E-state index in [1.807, 2.05) is 4.90 Å². The quantitative estimate of drug-likeness (QED) is 0.881. The molecule has 8 heteroatoms. The molecule has 0 radical (unpaired) electrons. The van der Waals surface area contributed by atoms with Crippen molar-refractivity contribution in [1.29, 1.82) is 0 Å². The SMILES string of the molecule is Cc1nc(C(=O)N2CCC(N3CCNCC3)C2)nn1-c1ccc(F)cc1. The minimum absolute atomic E-state index is 0.133. The first kappa shape index (κ1) is 17.1. The van der Waals surface area contributed by atoms with E-state index in [1.54, 1.807) is 23.7 Å². The number of hydrogen-bond acceptors (Lipinski definition) is 5. The topological polar surface area (TPSA) is 66.3 Å². The van der Waals surface area contributed by atoms with Crippen LogP contribution in [0, 0.1) is 12.7 Å². The second-order valence-corrected chi connectivity index (χ2v) is 6.85. The van der Waals surface area contributed by atoms with Crippen molar-refractivity contribution in [2.45, 2.75) is 19.4 Å². The first-order valence-electron chi connectivity index (χ1n) is 9.05. The van der Waals surface area contributed by atoms with E-state index in [4.69, 9.17) is 0 Å². The van der Waals surface area contributed by atoms with Crippen molar-refractivity contribution in [3.05, 3.63) is 41.7 Å². The molecular formula is C18H23FN6O. The van der Waals surface area contributed by atoms with Gasteiger partial charge in [0.2, 0.25) is 5.82 Å². The number of carbonyl (C=O) groups excluding carboxylic acids is 1. The predicted molar refractivity (Wildman–Crippen MR) is 94.8 cm³/mol. The number of nitrogens with one attached hydrogen (secondary N) is 1. The minimum Gasteiger partial charge on any atom is -0.334 e. The highest BCUT2D eigenvalue weighted by molar-refractivity contribution is 5.90. The molecule has 3 heterocycles. The van der Waals surface area contributed by atoms with Gasteiger partial charge in [0.25, 0.3) is 5.91 Å². The van der Waals surface area contributed by atoms with Crippen LogP contribution in [0.4, 0.5) is 4.39 Å². The molecule has 1 N–H and O–H groups in total. The fraction of sp³-hybridized carbons (Fsp3) is 0.500. The van der Waals surface area contributed by atoms with Crippen molar-refractivity contribution in [2.75, 3.05) is 39.3 Å². The Balaban J connectivity index is 1.47. The smallest absolute Gasteiger partial charge is 0.293 e. The van der Waals surface area contributed by atoms with E-state index in [9.17, 15) is 9.18 Å². The van der Waals surface area contributed by atoms with Crippen LogP contribution in [-0.4, -0.2) is 75.8 Å². The highest BCUT2D eigenvalue weighted by Crippen LogP contribution is 2.18. The largest absolute Gasteiger partial charge is 0.334 e. The number of likely N-dealkylation sites (tertiary alicyclic amines) is 1. The highest BCUT2D eigenvalue weighted by atomic mass is 19.1. The zero-order valence-corrected chi connectivity index (χ0v) is 14.9. The number of hydrogen-bond donors (Lipinski definition) is 1. The maximum absolute atomic E-state index is 13.1. The van der Waals surface area contributed by atoms with Gasteiger partial charge in [-0.3, -0.25) is 9.69 Å². The van der Waals surface area contributed by atoms with Gasteiger partial charge in [-0.15, -0.1) is 5.10 Å². The van der Waals surface area contributed by atoms with Crippen LogP contribution in [0.5, 0.6) is 0 Å². The molecular weight excluding hydrogens is 335 g/mol. The number of nitrogens with zero attached hydrogens (tertiary/aromatic N) is 5. The van der Waals surface area contributed by atoms with Gasteiger partial charge >= 0.3 is 0 Å². The Labute approximate surface area is 151 Å². The van der Waals surface area contributed by atoms with Crippen molar-refractivity contribution < 1.29 is 9.18 Å². The third kappa shape index (κ3) is 3.34. The molecule has 2 aliphatic heterocycles. The van der Waals surface area contributed by atoms with Crippen molar-refractivity contribution in [3.8, 4) is 5.69 Å². The monoisotopic (exact) mass is 358 g/mol. The zero-order chi connectivity index (χ0) is 18.1. The van der Waals surface area contributed by atoms with E-state index in [0.717, 1.165) is 45.7 Å². The predicted octanol–water partition coefficient (Wildman–Crippen LogP) is 0.835. The molecule has 1 atom stereocenters. The maximum Gasteiger partial charge on any atom is 0.293 e. The summed E-state index contributed by atoms with van der Waals surface area (Å²) in [6.45, 7) is 7.33. The van der Waals surface area contributed by atoms with E-state index in [2.05, 4.69) is 20.3 Å². The molecule has 1 amide bonds. The summed E-state index contributed by atoms with van der Waals surface area (Å²) >= 11 is 0. The number of rotatable bonds is 3. The Morgan fingerprint density at radius 2 is 1.92 bits per heavy atom. The van der Waals surface area contributed by atoms with Gasteiger partial charge in [0, 0.05) is 45.3 Å². The lowest BCUT2D eigenvalue weighted by atomic mass is 10.2. The lowest BCUT2D eigenvalue weighted by Gasteiger charge is -2.32. The number of halogens is 1. The molecule has 2 saturated heterocycles. The molecule has 0 spiro atoms. The lowest BCUT2D eigenvalue weighted by molar-refractivity contribution is 0.0761. The van der Waals surface area contributed by atoms with Crippen LogP contribution < -0.4 is 5.32 Å². The molecule has 0 aliphatic carbocycles. The summed E-state index contributed by atoms with van der Waals surface area (Å²) in [5.41, 5.74) is 0.690. The second-order valence-electron chi connectivity index (χ2n) is 6.85. The molecule has 26 heavy (non-hydrogen) atoms. The fourth-order valence-corrected chi connectivity index (χ4v) is 3.72. The third-order valence-corrected chi connectivity index (χ3v) is 5.15. The Bertz CT molecular complexity index is 783. The number of amides is 1. The van der Waals surface area contributed by atoms with Crippen molar-refractivity contribution in [2.24, 2.45) is 0 Å². The number of piperazine rings is 1. The Hall–Kier alpha value is -2.32. The number of benzene rings is 1. The molecule has 2 aliphatic rings. The summed E-state index contributed by atoms with van der Waals surface area (Å²) in [4.78, 5) is 21.5. The van der Waals surface area contributed by atoms with Gasteiger partial charge in [-0.25, -0.2) is 14.1 Å². The maximum atomic E-state index is 13.1. The number of carbonyl (C=O) groups is 1. The van der Waals surface area contributed by atoms with Gasteiger partial charge < -0.3 is 10.2 Å². The molecule has 1 aromatic carbocycles. The van der Waals surface area contributed by atoms with E-state index >= 15 is 0 Å². The van der Waals surface area contributed by atoms with Crippen LogP contribution in [0.25, 0.3) is 5.69 Å². The summed E-state index contributed by atoms with van der Waals surface area (Å²) < 4.78 is 14.7. The van der Waals surface area contributed by atoms with Gasteiger partial charge in [0.15, 0.2) is 0 Å². The van der Waals surface area contributed by atoms with Crippen LogP contribution >= 0.6 is 0 Å². The summed E-state index contributed by atoms with van der Waals surface area (Å²) in [6.07, 6.45) is 0.989. The molecule has 4 rings (SSSR count). The molecule has 138 valence electrons. The fourth-order valence-electron chi connectivity index (χ4n) is 3.72. The second kappa shape index (κ2) is 7.13. The van der Waals surface area contributed by atoms with Crippen LogP contribution in [0.3, 0.4) is 0 Å². The summed E-state index contributed by atoms with van der Waals surface area (Å²) in [7, 11) is 0. The third-order valence-electron chi connectivity index (χ3n) is 5.15. The standard InChI is InChI=1S/C18H23FN6O/c1-13-21-17(22-25(13)15-4-2-14(19)3-5-15)18(26)24-9-6-16(12-24)23-10-7-20-8-11-23/h2-5,16,20H,6-12H2,1H3. The van der Waals surface area contributed by atoms with Gasteiger partial charge in [-0.05, 0) is 37.6 Å². The summed E-state index contributed by atoms with van der Waals surface area (Å²) in [5.74, 6) is 0.371. The van der Waals surface area contributed by atoms with Crippen LogP contribution in [0.15, 0.2) is 24.3 Å². The summed E-state index contributed by atoms with van der Waals surface area (Å²) in [6, 6.07) is 6.41. The molecule has 2 fully saturated rings. The summed E-state index contributed by atoms with van der Waals surface area (Å²) in [5, 5.41) is 7.72. The Kier molecular flexibility index (Phi) is 4.69. The Morgan fingerprint density at radius 1 is 1.19 bits per heavy atom. The van der Waals surface area contributed by atoms with Gasteiger partial charge in [0.1, 0.15) is 11.6 Å². The van der Waals surface area contributed by atoms with E-state index in [1.165, 1.54) is 12.1 Å². The molecule has 7 nitrogen and oxygen atoms in total. The van der Waals surface area contributed by atoms with Crippen molar-refractivity contribution >= 4 is 5.91 Å². The van der Waals surface area contributed by atoms with Gasteiger partial charge in [-0.1, -0.05) is 0 Å². The van der Waals surface area contributed by atoms with Crippen LogP contribution in [-0.2, 0) is 0 Å². The molecule has 0 saturated carbocycles. The Morgan fingerprint density at radius 3 is 2.65 bits per heavy atom. The first-order chi connectivity index (χ1) is 12.6. The highest BCUT2D eigenvalue weighted by Gasteiger charge is 2.33. The number of aromatic nitrogens is 3. The van der Waals surface area contributed by atoms with E-state index in [-0.39, 0.29) is 17.5 Å².